The Morgan fingerprint density at radius 1 is 1.64 bits per heavy atom. The van der Waals surface area contributed by atoms with E-state index >= 15 is 0 Å². The number of anilines is 1. The van der Waals surface area contributed by atoms with Crippen LogP contribution in [0.1, 0.15) is 19.8 Å². The molecule has 1 aromatic rings. The molecule has 0 atom stereocenters. The van der Waals surface area contributed by atoms with Crippen LogP contribution in [-0.4, -0.2) is 16.3 Å². The van der Waals surface area contributed by atoms with Gasteiger partial charge in [-0.3, -0.25) is 4.79 Å². The Balaban J connectivity index is 2.79. The minimum absolute atomic E-state index is 0.119. The van der Waals surface area contributed by atoms with Gasteiger partial charge in [0.25, 0.3) is 5.56 Å². The average molecular weight is 260 g/mol. The molecule has 78 valence electrons. The van der Waals surface area contributed by atoms with Crippen molar-refractivity contribution in [2.24, 2.45) is 7.05 Å². The van der Waals surface area contributed by atoms with Crippen molar-refractivity contribution >= 4 is 21.6 Å². The van der Waals surface area contributed by atoms with Gasteiger partial charge in [0.05, 0.1) is 11.9 Å². The molecule has 0 aliphatic heterocycles. The van der Waals surface area contributed by atoms with Gasteiger partial charge in [-0.2, -0.15) is 5.10 Å². The molecule has 1 N–H and O–H groups in total. The fraction of sp³-hybridized carbons (Fsp3) is 0.556. The minimum atomic E-state index is -0.119. The number of hydrogen-bond donors (Lipinski definition) is 1. The average Bonchev–Trinajstić information content (AvgIpc) is 2.18. The third-order valence-corrected chi connectivity index (χ3v) is 2.69. The van der Waals surface area contributed by atoms with Crippen molar-refractivity contribution < 1.29 is 0 Å². The minimum Gasteiger partial charge on any atom is -0.383 e. The highest BCUT2D eigenvalue weighted by atomic mass is 79.9. The van der Waals surface area contributed by atoms with E-state index in [-0.39, 0.29) is 5.56 Å². The summed E-state index contributed by atoms with van der Waals surface area (Å²) in [6, 6.07) is 0. The van der Waals surface area contributed by atoms with Gasteiger partial charge in [-0.25, -0.2) is 4.68 Å². The number of aromatic nitrogens is 2. The molecule has 1 rings (SSSR count). The lowest BCUT2D eigenvalue weighted by atomic mass is 10.3. The van der Waals surface area contributed by atoms with Crippen LogP contribution < -0.4 is 10.9 Å². The summed E-state index contributed by atoms with van der Waals surface area (Å²) in [5.74, 6) is 0. The molecule has 0 amide bonds. The largest absolute Gasteiger partial charge is 0.383 e. The Bertz CT molecular complexity index is 362. The standard InChI is InChI=1S/C9H14BrN3O/c1-3-4-5-11-7-6-12-13(2)9(14)8(7)10/h6,11H,3-5H2,1-2H3. The quantitative estimate of drug-likeness (QED) is 0.839. The number of nitrogens with zero attached hydrogens (tertiary/aromatic N) is 2. The normalized spacial score (nSPS) is 10.2. The molecule has 0 aromatic carbocycles. The molecule has 5 heteroatoms. The van der Waals surface area contributed by atoms with Crippen molar-refractivity contribution in [2.75, 3.05) is 11.9 Å². The van der Waals surface area contributed by atoms with E-state index in [1.54, 1.807) is 13.2 Å². The first kappa shape index (κ1) is 11.2. The summed E-state index contributed by atoms with van der Waals surface area (Å²) >= 11 is 3.25. The van der Waals surface area contributed by atoms with Gasteiger partial charge in [-0.15, -0.1) is 0 Å². The molecule has 0 fully saturated rings. The molecule has 1 heterocycles. The van der Waals surface area contributed by atoms with E-state index in [2.05, 4.69) is 33.3 Å². The maximum absolute atomic E-state index is 11.4. The summed E-state index contributed by atoms with van der Waals surface area (Å²) in [4.78, 5) is 11.4. The molecule has 0 bridgehead atoms. The molecule has 0 unspecified atom stereocenters. The lowest BCUT2D eigenvalue weighted by Crippen LogP contribution is -2.21. The van der Waals surface area contributed by atoms with Gasteiger partial charge in [0, 0.05) is 13.6 Å². The molecule has 0 aliphatic carbocycles. The maximum atomic E-state index is 11.4. The van der Waals surface area contributed by atoms with Crippen molar-refractivity contribution in [2.45, 2.75) is 19.8 Å². The van der Waals surface area contributed by atoms with Crippen molar-refractivity contribution in [1.82, 2.24) is 9.78 Å². The predicted molar refractivity (Wildman–Crippen MR) is 60.6 cm³/mol. The summed E-state index contributed by atoms with van der Waals surface area (Å²) in [5.41, 5.74) is 0.646. The van der Waals surface area contributed by atoms with Crippen LogP contribution in [0.15, 0.2) is 15.5 Å². The number of aryl methyl sites for hydroxylation is 1. The van der Waals surface area contributed by atoms with Crippen molar-refractivity contribution in [1.29, 1.82) is 0 Å². The molecule has 0 spiro atoms. The summed E-state index contributed by atoms with van der Waals surface area (Å²) in [6.07, 6.45) is 3.87. The van der Waals surface area contributed by atoms with Crippen molar-refractivity contribution in [3.05, 3.63) is 21.0 Å². The van der Waals surface area contributed by atoms with Gasteiger partial charge in [-0.05, 0) is 22.4 Å². The van der Waals surface area contributed by atoms with Crippen LogP contribution in [0.4, 0.5) is 5.69 Å². The zero-order chi connectivity index (χ0) is 10.6. The molecule has 0 saturated heterocycles. The summed E-state index contributed by atoms with van der Waals surface area (Å²) in [6.45, 7) is 2.99. The molecule has 0 saturated carbocycles. The number of hydrogen-bond acceptors (Lipinski definition) is 3. The first-order valence-corrected chi connectivity index (χ1v) is 5.41. The van der Waals surface area contributed by atoms with Gasteiger partial charge in [0.2, 0.25) is 0 Å². The zero-order valence-electron chi connectivity index (χ0n) is 8.38. The van der Waals surface area contributed by atoms with Crippen LogP contribution in [0.5, 0.6) is 0 Å². The second kappa shape index (κ2) is 5.14. The monoisotopic (exact) mass is 259 g/mol. The number of halogens is 1. The number of rotatable bonds is 4. The van der Waals surface area contributed by atoms with Crippen LogP contribution >= 0.6 is 15.9 Å². The van der Waals surface area contributed by atoms with E-state index in [0.717, 1.165) is 25.1 Å². The second-order valence-corrected chi connectivity index (χ2v) is 3.87. The Hall–Kier alpha value is -0.840. The van der Waals surface area contributed by atoms with E-state index < -0.39 is 0 Å². The molecule has 1 aromatic heterocycles. The van der Waals surface area contributed by atoms with Gasteiger partial charge in [-0.1, -0.05) is 13.3 Å². The summed E-state index contributed by atoms with van der Waals surface area (Å²) in [5, 5.41) is 7.09. The predicted octanol–water partition coefficient (Wildman–Crippen LogP) is 1.75. The molecular formula is C9H14BrN3O. The van der Waals surface area contributed by atoms with Crippen LogP contribution in [0, 0.1) is 0 Å². The van der Waals surface area contributed by atoms with Crippen LogP contribution in [0.25, 0.3) is 0 Å². The Labute approximate surface area is 91.5 Å². The third-order valence-electron chi connectivity index (χ3n) is 1.92. The molecule has 0 aliphatic rings. The van der Waals surface area contributed by atoms with Crippen molar-refractivity contribution in [3.8, 4) is 0 Å². The van der Waals surface area contributed by atoms with E-state index in [0.29, 0.717) is 4.47 Å². The lowest BCUT2D eigenvalue weighted by molar-refractivity contribution is 0.702. The lowest BCUT2D eigenvalue weighted by Gasteiger charge is -2.07. The zero-order valence-corrected chi connectivity index (χ0v) is 9.97. The fourth-order valence-electron chi connectivity index (χ4n) is 1.03. The Morgan fingerprint density at radius 3 is 3.00 bits per heavy atom. The molecular weight excluding hydrogens is 246 g/mol. The van der Waals surface area contributed by atoms with Gasteiger partial charge >= 0.3 is 0 Å². The van der Waals surface area contributed by atoms with Crippen LogP contribution in [0.3, 0.4) is 0 Å². The van der Waals surface area contributed by atoms with Gasteiger partial charge in [0.1, 0.15) is 4.47 Å². The first-order chi connectivity index (χ1) is 6.66. The highest BCUT2D eigenvalue weighted by Gasteiger charge is 2.05. The Morgan fingerprint density at radius 2 is 2.36 bits per heavy atom. The number of nitrogens with one attached hydrogen (secondary N) is 1. The van der Waals surface area contributed by atoms with Crippen LogP contribution in [-0.2, 0) is 7.05 Å². The SMILES string of the molecule is CCCCNc1cnn(C)c(=O)c1Br. The van der Waals surface area contributed by atoms with Crippen LogP contribution in [0.2, 0.25) is 0 Å². The smallest absolute Gasteiger partial charge is 0.282 e. The first-order valence-electron chi connectivity index (χ1n) is 4.62. The molecule has 14 heavy (non-hydrogen) atoms. The highest BCUT2D eigenvalue weighted by molar-refractivity contribution is 9.10. The summed E-state index contributed by atoms with van der Waals surface area (Å²) in [7, 11) is 1.63. The Kier molecular flexibility index (Phi) is 4.13. The molecule has 4 nitrogen and oxygen atoms in total. The topological polar surface area (TPSA) is 46.9 Å². The fourth-order valence-corrected chi connectivity index (χ4v) is 1.53. The third kappa shape index (κ3) is 2.57. The van der Waals surface area contributed by atoms with E-state index in [4.69, 9.17) is 0 Å². The maximum Gasteiger partial charge on any atom is 0.282 e. The summed E-state index contributed by atoms with van der Waals surface area (Å²) < 4.78 is 1.85. The molecule has 0 radical (unpaired) electrons. The number of unbranched alkanes of at least 4 members (excludes halogenated alkanes) is 1. The van der Waals surface area contributed by atoms with Gasteiger partial charge in [0.15, 0.2) is 0 Å². The highest BCUT2D eigenvalue weighted by Crippen LogP contribution is 2.15. The second-order valence-electron chi connectivity index (χ2n) is 3.08. The van der Waals surface area contributed by atoms with E-state index in [9.17, 15) is 4.79 Å². The van der Waals surface area contributed by atoms with E-state index in [1.165, 1.54) is 4.68 Å². The van der Waals surface area contributed by atoms with Gasteiger partial charge < -0.3 is 5.32 Å². The van der Waals surface area contributed by atoms with Crippen molar-refractivity contribution in [3.63, 3.8) is 0 Å². The van der Waals surface area contributed by atoms with E-state index in [1.807, 2.05) is 0 Å².